The van der Waals surface area contributed by atoms with Crippen LogP contribution in [0.2, 0.25) is 5.02 Å². The maximum Gasteiger partial charge on any atom is 0.410 e. The average molecular weight is 395 g/mol. The maximum absolute atomic E-state index is 12.6. The normalized spacial score (nSPS) is 15.7. The number of ether oxygens (including phenoxy) is 1. The van der Waals surface area contributed by atoms with Crippen molar-refractivity contribution >= 4 is 27.7 Å². The first-order chi connectivity index (χ1) is 12.5. The van der Waals surface area contributed by atoms with Gasteiger partial charge in [0, 0.05) is 31.2 Å². The van der Waals surface area contributed by atoms with E-state index in [0.29, 0.717) is 18.1 Å². The van der Waals surface area contributed by atoms with Gasteiger partial charge < -0.3 is 9.64 Å². The number of carbonyl (C=O) groups is 1. The lowest BCUT2D eigenvalue weighted by atomic mass is 10.2. The minimum absolute atomic E-state index is 0.196. The number of halogens is 1. The minimum Gasteiger partial charge on any atom is -0.445 e. The molecule has 0 aliphatic carbocycles. The molecular weight excluding hydrogens is 376 g/mol. The van der Waals surface area contributed by atoms with E-state index >= 15 is 0 Å². The number of amides is 1. The Labute approximate surface area is 158 Å². The van der Waals surface area contributed by atoms with Crippen molar-refractivity contribution in [2.24, 2.45) is 0 Å². The van der Waals surface area contributed by atoms with Gasteiger partial charge in [-0.3, -0.25) is 0 Å². The smallest absolute Gasteiger partial charge is 0.410 e. The molecule has 2 aromatic rings. The molecule has 0 atom stereocenters. The van der Waals surface area contributed by atoms with E-state index in [9.17, 15) is 13.2 Å². The molecule has 0 saturated carbocycles. The van der Waals surface area contributed by atoms with Crippen LogP contribution in [0.4, 0.5) is 4.79 Å². The molecule has 0 aromatic heterocycles. The first kappa shape index (κ1) is 18.7. The summed E-state index contributed by atoms with van der Waals surface area (Å²) in [5, 5.41) is 0.481. The Morgan fingerprint density at radius 2 is 1.58 bits per heavy atom. The van der Waals surface area contributed by atoms with Gasteiger partial charge >= 0.3 is 6.09 Å². The fourth-order valence-corrected chi connectivity index (χ4v) is 4.23. The zero-order chi connectivity index (χ0) is 18.6. The topological polar surface area (TPSA) is 66.9 Å². The molecule has 138 valence electrons. The van der Waals surface area contributed by atoms with Crippen molar-refractivity contribution in [2.75, 3.05) is 26.2 Å². The molecule has 2 aromatic carbocycles. The highest BCUT2D eigenvalue weighted by atomic mass is 35.5. The highest BCUT2D eigenvalue weighted by Crippen LogP contribution is 2.20. The molecule has 8 heteroatoms. The molecular formula is C18H19ClN2O4S. The molecule has 0 bridgehead atoms. The van der Waals surface area contributed by atoms with Gasteiger partial charge in [0.25, 0.3) is 0 Å². The molecule has 26 heavy (non-hydrogen) atoms. The zero-order valence-electron chi connectivity index (χ0n) is 14.0. The summed E-state index contributed by atoms with van der Waals surface area (Å²) in [6, 6.07) is 15.5. The lowest BCUT2D eigenvalue weighted by Gasteiger charge is -2.33. The highest BCUT2D eigenvalue weighted by molar-refractivity contribution is 7.89. The highest BCUT2D eigenvalue weighted by Gasteiger charge is 2.30. The van der Waals surface area contributed by atoms with Crippen molar-refractivity contribution in [1.82, 2.24) is 9.21 Å². The third-order valence-corrected chi connectivity index (χ3v) is 6.32. The SMILES string of the molecule is O=C(OCc1ccccc1)N1CCN(S(=O)(=O)c2ccc(Cl)cc2)CC1. The van der Waals surface area contributed by atoms with Crippen LogP contribution in [0.3, 0.4) is 0 Å². The number of hydrogen-bond donors (Lipinski definition) is 0. The van der Waals surface area contributed by atoms with E-state index in [0.717, 1.165) is 5.56 Å². The number of sulfonamides is 1. The molecule has 1 aliphatic heterocycles. The van der Waals surface area contributed by atoms with E-state index in [1.54, 1.807) is 12.1 Å². The Morgan fingerprint density at radius 3 is 2.19 bits per heavy atom. The molecule has 0 N–H and O–H groups in total. The molecule has 1 amide bonds. The summed E-state index contributed by atoms with van der Waals surface area (Å²) in [4.78, 5) is 13.9. The summed E-state index contributed by atoms with van der Waals surface area (Å²) in [7, 11) is -3.59. The number of nitrogens with zero attached hydrogens (tertiary/aromatic N) is 2. The second kappa shape index (κ2) is 8.07. The molecule has 0 spiro atoms. The second-order valence-electron chi connectivity index (χ2n) is 5.89. The molecule has 1 heterocycles. The maximum atomic E-state index is 12.6. The fraction of sp³-hybridized carbons (Fsp3) is 0.278. The van der Waals surface area contributed by atoms with E-state index in [4.69, 9.17) is 16.3 Å². The van der Waals surface area contributed by atoms with Crippen molar-refractivity contribution in [1.29, 1.82) is 0 Å². The van der Waals surface area contributed by atoms with Crippen molar-refractivity contribution in [3.05, 3.63) is 65.2 Å². The summed E-state index contributed by atoms with van der Waals surface area (Å²) in [5.74, 6) is 0. The van der Waals surface area contributed by atoms with E-state index in [1.165, 1.54) is 21.3 Å². The van der Waals surface area contributed by atoms with E-state index in [1.807, 2.05) is 30.3 Å². The van der Waals surface area contributed by atoms with Crippen LogP contribution in [0.5, 0.6) is 0 Å². The van der Waals surface area contributed by atoms with Gasteiger partial charge in [0.15, 0.2) is 0 Å². The molecule has 1 saturated heterocycles. The molecule has 3 rings (SSSR count). The van der Waals surface area contributed by atoms with E-state index in [2.05, 4.69) is 0 Å². The van der Waals surface area contributed by atoms with Gasteiger partial charge in [0.2, 0.25) is 10.0 Å². The summed E-state index contributed by atoms with van der Waals surface area (Å²) < 4.78 is 31.9. The molecule has 0 unspecified atom stereocenters. The van der Waals surface area contributed by atoms with Crippen LogP contribution in [-0.4, -0.2) is 49.9 Å². The van der Waals surface area contributed by atoms with Gasteiger partial charge in [-0.1, -0.05) is 41.9 Å². The van der Waals surface area contributed by atoms with Crippen LogP contribution < -0.4 is 0 Å². The summed E-state index contributed by atoms with van der Waals surface area (Å²) in [5.41, 5.74) is 0.907. The van der Waals surface area contributed by atoms with Crippen LogP contribution >= 0.6 is 11.6 Å². The molecule has 1 aliphatic rings. The van der Waals surface area contributed by atoms with E-state index < -0.39 is 16.1 Å². The predicted molar refractivity (Wildman–Crippen MR) is 98.4 cm³/mol. The average Bonchev–Trinajstić information content (AvgIpc) is 2.67. The summed E-state index contributed by atoms with van der Waals surface area (Å²) in [6.45, 7) is 1.24. The van der Waals surface area contributed by atoms with Crippen molar-refractivity contribution in [3.8, 4) is 0 Å². The number of carbonyl (C=O) groups excluding carboxylic acids is 1. The van der Waals surface area contributed by atoms with Crippen LogP contribution in [0, 0.1) is 0 Å². The van der Waals surface area contributed by atoms with Crippen molar-refractivity contribution in [2.45, 2.75) is 11.5 Å². The minimum atomic E-state index is -3.59. The summed E-state index contributed by atoms with van der Waals surface area (Å²) >= 11 is 5.81. The lowest BCUT2D eigenvalue weighted by Crippen LogP contribution is -2.50. The van der Waals surface area contributed by atoms with Crippen LogP contribution in [-0.2, 0) is 21.4 Å². The van der Waals surface area contributed by atoms with Gasteiger partial charge in [0.05, 0.1) is 4.90 Å². The molecule has 0 radical (unpaired) electrons. The number of benzene rings is 2. The first-order valence-electron chi connectivity index (χ1n) is 8.18. The van der Waals surface area contributed by atoms with Gasteiger partial charge in [-0.05, 0) is 29.8 Å². The van der Waals surface area contributed by atoms with Gasteiger partial charge in [-0.15, -0.1) is 0 Å². The third-order valence-electron chi connectivity index (χ3n) is 4.15. The van der Waals surface area contributed by atoms with Gasteiger partial charge in [0.1, 0.15) is 6.61 Å². The van der Waals surface area contributed by atoms with Gasteiger partial charge in [-0.2, -0.15) is 4.31 Å². The Kier molecular flexibility index (Phi) is 5.80. The molecule has 1 fully saturated rings. The van der Waals surface area contributed by atoms with Crippen molar-refractivity contribution in [3.63, 3.8) is 0 Å². The Morgan fingerprint density at radius 1 is 0.962 bits per heavy atom. The third kappa shape index (κ3) is 4.35. The van der Waals surface area contributed by atoms with E-state index in [-0.39, 0.29) is 24.6 Å². The molecule has 6 nitrogen and oxygen atoms in total. The monoisotopic (exact) mass is 394 g/mol. The van der Waals surface area contributed by atoms with Crippen LogP contribution in [0.25, 0.3) is 0 Å². The second-order valence-corrected chi connectivity index (χ2v) is 8.26. The lowest BCUT2D eigenvalue weighted by molar-refractivity contribution is 0.0838. The Bertz CT molecular complexity index is 849. The quantitative estimate of drug-likeness (QED) is 0.799. The van der Waals surface area contributed by atoms with Crippen LogP contribution in [0.1, 0.15) is 5.56 Å². The Hall–Kier alpha value is -2.09. The largest absolute Gasteiger partial charge is 0.445 e. The van der Waals surface area contributed by atoms with Crippen molar-refractivity contribution < 1.29 is 17.9 Å². The number of rotatable bonds is 4. The number of hydrogen-bond acceptors (Lipinski definition) is 4. The first-order valence-corrected chi connectivity index (χ1v) is 10.00. The standard InChI is InChI=1S/C18H19ClN2O4S/c19-16-6-8-17(9-7-16)26(23,24)21-12-10-20(11-13-21)18(22)25-14-15-4-2-1-3-5-15/h1-9H,10-14H2. The predicted octanol–water partition coefficient (Wildman–Crippen LogP) is 2.98. The van der Waals surface area contributed by atoms with Gasteiger partial charge in [-0.25, -0.2) is 13.2 Å². The zero-order valence-corrected chi connectivity index (χ0v) is 15.6. The fourth-order valence-electron chi connectivity index (χ4n) is 2.68. The summed E-state index contributed by atoms with van der Waals surface area (Å²) in [6.07, 6.45) is -0.433. The number of piperazine rings is 1. The Balaban J connectivity index is 1.55. The van der Waals surface area contributed by atoms with Crippen LogP contribution in [0.15, 0.2) is 59.5 Å².